The zero-order valence-corrected chi connectivity index (χ0v) is 13.2. The van der Waals surface area contributed by atoms with Crippen molar-refractivity contribution in [1.82, 2.24) is 14.9 Å². The first-order valence-corrected chi connectivity index (χ1v) is 7.59. The van der Waals surface area contributed by atoms with Crippen molar-refractivity contribution in [3.8, 4) is 5.75 Å². The van der Waals surface area contributed by atoms with Crippen LogP contribution in [0.1, 0.15) is 38.1 Å². The van der Waals surface area contributed by atoms with Crippen LogP contribution in [0.2, 0.25) is 0 Å². The van der Waals surface area contributed by atoms with Gasteiger partial charge in [-0.1, -0.05) is 20.3 Å². The molecule has 1 heterocycles. The van der Waals surface area contributed by atoms with Crippen LogP contribution in [0.3, 0.4) is 0 Å². The fourth-order valence-electron chi connectivity index (χ4n) is 1.78. The highest BCUT2D eigenvalue weighted by Crippen LogP contribution is 2.12. The second-order valence-corrected chi connectivity index (χ2v) is 5.01. The summed E-state index contributed by atoms with van der Waals surface area (Å²) in [5, 5.41) is 11.2. The Morgan fingerprint density at radius 2 is 2.10 bits per heavy atom. The van der Waals surface area contributed by atoms with Crippen LogP contribution in [0.4, 0.5) is 0 Å². The molecular weight excluding hydrogens is 284 g/mol. The van der Waals surface area contributed by atoms with Crippen LogP contribution in [-0.2, 0) is 6.42 Å². The van der Waals surface area contributed by atoms with Gasteiger partial charge in [-0.25, -0.2) is 0 Å². The van der Waals surface area contributed by atoms with Crippen molar-refractivity contribution in [2.24, 2.45) is 5.10 Å². The molecule has 0 atom stereocenters. The smallest absolute Gasteiger partial charge is 0.216 e. The van der Waals surface area contributed by atoms with Gasteiger partial charge in [0, 0.05) is 6.42 Å². The highest BCUT2D eigenvalue weighted by Gasteiger charge is 2.01. The molecule has 1 aromatic carbocycles. The van der Waals surface area contributed by atoms with E-state index >= 15 is 0 Å². The summed E-state index contributed by atoms with van der Waals surface area (Å²) in [5.41, 5.74) is 0.989. The molecular formula is C15H20N4OS. The normalized spacial score (nSPS) is 11.1. The summed E-state index contributed by atoms with van der Waals surface area (Å²) in [7, 11) is 0. The second-order valence-electron chi connectivity index (χ2n) is 4.63. The lowest BCUT2D eigenvalue weighted by Crippen LogP contribution is -1.98. The fraction of sp³-hybridized carbons (Fsp3) is 0.400. The average Bonchev–Trinajstić information content (AvgIpc) is 2.87. The van der Waals surface area contributed by atoms with Crippen molar-refractivity contribution >= 4 is 18.4 Å². The minimum Gasteiger partial charge on any atom is -0.494 e. The van der Waals surface area contributed by atoms with E-state index in [9.17, 15) is 0 Å². The predicted molar refractivity (Wildman–Crippen MR) is 86.6 cm³/mol. The van der Waals surface area contributed by atoms with Crippen molar-refractivity contribution in [3.63, 3.8) is 0 Å². The van der Waals surface area contributed by atoms with E-state index < -0.39 is 0 Å². The molecule has 0 bridgehead atoms. The van der Waals surface area contributed by atoms with Crippen molar-refractivity contribution in [3.05, 3.63) is 40.4 Å². The number of nitrogens with zero attached hydrogens (tertiary/aromatic N) is 3. The van der Waals surface area contributed by atoms with E-state index in [1.807, 2.05) is 31.2 Å². The van der Waals surface area contributed by atoms with Crippen molar-refractivity contribution < 1.29 is 4.74 Å². The maximum Gasteiger partial charge on any atom is 0.216 e. The molecule has 0 aliphatic rings. The summed E-state index contributed by atoms with van der Waals surface area (Å²) in [6.07, 6.45) is 4.74. The summed E-state index contributed by atoms with van der Waals surface area (Å²) in [6, 6.07) is 7.85. The Kier molecular flexibility index (Phi) is 5.68. The van der Waals surface area contributed by atoms with Gasteiger partial charge in [-0.15, -0.1) is 0 Å². The third-order valence-corrected chi connectivity index (χ3v) is 3.27. The summed E-state index contributed by atoms with van der Waals surface area (Å²) in [4.78, 5) is 0. The number of hydrogen-bond donors (Lipinski definition) is 1. The van der Waals surface area contributed by atoms with E-state index in [0.29, 0.717) is 4.77 Å². The van der Waals surface area contributed by atoms with E-state index in [4.69, 9.17) is 17.0 Å². The average molecular weight is 304 g/mol. The van der Waals surface area contributed by atoms with E-state index in [1.54, 1.807) is 10.9 Å². The molecule has 1 N–H and O–H groups in total. The van der Waals surface area contributed by atoms with Gasteiger partial charge in [-0.3, -0.25) is 5.10 Å². The molecule has 21 heavy (non-hydrogen) atoms. The molecule has 0 spiro atoms. The molecule has 0 amide bonds. The third kappa shape index (κ3) is 4.26. The molecule has 5 nitrogen and oxygen atoms in total. The third-order valence-electron chi connectivity index (χ3n) is 3.00. The number of unbranched alkanes of at least 4 members (excludes halogenated alkanes) is 1. The zero-order valence-electron chi connectivity index (χ0n) is 12.4. The van der Waals surface area contributed by atoms with E-state index in [1.165, 1.54) is 0 Å². The fourth-order valence-corrected chi connectivity index (χ4v) is 1.98. The van der Waals surface area contributed by atoms with Gasteiger partial charge in [0.2, 0.25) is 4.77 Å². The number of nitrogens with one attached hydrogen (secondary N) is 1. The molecule has 0 unspecified atom stereocenters. The first kappa shape index (κ1) is 15.4. The van der Waals surface area contributed by atoms with E-state index in [2.05, 4.69) is 22.2 Å². The Balaban J connectivity index is 2.04. The minimum atomic E-state index is 0.502. The quantitative estimate of drug-likeness (QED) is 0.483. The van der Waals surface area contributed by atoms with Crippen LogP contribution in [0.15, 0.2) is 29.4 Å². The largest absolute Gasteiger partial charge is 0.494 e. The Morgan fingerprint density at radius 1 is 1.33 bits per heavy atom. The highest BCUT2D eigenvalue weighted by molar-refractivity contribution is 7.71. The van der Waals surface area contributed by atoms with Crippen LogP contribution in [0.25, 0.3) is 0 Å². The molecule has 6 heteroatoms. The van der Waals surface area contributed by atoms with Gasteiger partial charge < -0.3 is 4.74 Å². The number of aryl methyl sites for hydroxylation is 1. The maximum absolute atomic E-state index is 5.63. The number of benzene rings is 1. The zero-order chi connectivity index (χ0) is 15.1. The van der Waals surface area contributed by atoms with Crippen LogP contribution < -0.4 is 4.74 Å². The van der Waals surface area contributed by atoms with Crippen LogP contribution in [0.5, 0.6) is 5.75 Å². The molecule has 112 valence electrons. The Labute approximate surface area is 129 Å². The van der Waals surface area contributed by atoms with Gasteiger partial charge in [0.05, 0.1) is 12.8 Å². The topological polar surface area (TPSA) is 55.2 Å². The first-order chi connectivity index (χ1) is 10.2. The van der Waals surface area contributed by atoms with Crippen molar-refractivity contribution in [1.29, 1.82) is 0 Å². The van der Waals surface area contributed by atoms with Crippen LogP contribution in [-0.4, -0.2) is 27.7 Å². The Bertz CT molecular complexity index is 642. The SMILES string of the molecule is CCCCOc1ccc(/C=N\n2c(CC)n[nH]c2=S)cc1. The van der Waals surface area contributed by atoms with Crippen molar-refractivity contribution in [2.75, 3.05) is 6.61 Å². The van der Waals surface area contributed by atoms with Crippen molar-refractivity contribution in [2.45, 2.75) is 33.1 Å². The van der Waals surface area contributed by atoms with Gasteiger partial charge in [0.1, 0.15) is 5.75 Å². The van der Waals surface area contributed by atoms with Gasteiger partial charge in [0.25, 0.3) is 0 Å². The van der Waals surface area contributed by atoms with Gasteiger partial charge >= 0.3 is 0 Å². The molecule has 0 aliphatic carbocycles. The summed E-state index contributed by atoms with van der Waals surface area (Å²) in [6.45, 7) is 4.92. The van der Waals surface area contributed by atoms with Gasteiger partial charge in [0.15, 0.2) is 5.82 Å². The van der Waals surface area contributed by atoms with Crippen LogP contribution in [0, 0.1) is 4.77 Å². The molecule has 0 aliphatic heterocycles. The highest BCUT2D eigenvalue weighted by atomic mass is 32.1. The molecule has 0 fully saturated rings. The monoisotopic (exact) mass is 304 g/mol. The van der Waals surface area contributed by atoms with Gasteiger partial charge in [-0.05, 0) is 48.5 Å². The number of aromatic nitrogens is 3. The standard InChI is InChI=1S/C15H20N4OS/c1-3-5-10-20-13-8-6-12(7-9-13)11-16-19-14(4-2)17-18-15(19)21/h6-9,11H,3-5,10H2,1-2H3,(H,18,21)/b16-11-. The number of hydrogen-bond acceptors (Lipinski definition) is 4. The lowest BCUT2D eigenvalue weighted by molar-refractivity contribution is 0.309. The predicted octanol–water partition coefficient (Wildman–Crippen LogP) is 3.56. The molecule has 1 aromatic heterocycles. The van der Waals surface area contributed by atoms with Crippen LogP contribution >= 0.6 is 12.2 Å². The lowest BCUT2D eigenvalue weighted by atomic mass is 10.2. The number of H-pyrrole nitrogens is 1. The van der Waals surface area contributed by atoms with E-state index in [0.717, 1.165) is 43.0 Å². The maximum atomic E-state index is 5.63. The second kappa shape index (κ2) is 7.73. The summed E-state index contributed by atoms with van der Waals surface area (Å²) < 4.78 is 7.77. The molecule has 2 rings (SSSR count). The molecule has 0 saturated carbocycles. The molecule has 0 saturated heterocycles. The summed E-state index contributed by atoms with van der Waals surface area (Å²) in [5.74, 6) is 1.70. The first-order valence-electron chi connectivity index (χ1n) is 7.18. The molecule has 0 radical (unpaired) electrons. The van der Waals surface area contributed by atoms with Gasteiger partial charge in [-0.2, -0.15) is 14.9 Å². The molecule has 2 aromatic rings. The Morgan fingerprint density at radius 3 is 2.76 bits per heavy atom. The number of ether oxygens (including phenoxy) is 1. The Hall–Kier alpha value is -1.95. The number of rotatable bonds is 7. The number of aromatic amines is 1. The lowest BCUT2D eigenvalue weighted by Gasteiger charge is -2.04. The van der Waals surface area contributed by atoms with E-state index in [-0.39, 0.29) is 0 Å². The minimum absolute atomic E-state index is 0.502. The summed E-state index contributed by atoms with van der Waals surface area (Å²) >= 11 is 5.15.